The monoisotopic (exact) mass is 576 g/mol. The van der Waals surface area contributed by atoms with Gasteiger partial charge in [-0.25, -0.2) is 4.79 Å². The topological polar surface area (TPSA) is 143 Å². The van der Waals surface area contributed by atoms with Crippen molar-refractivity contribution in [2.24, 2.45) is 7.05 Å². The highest BCUT2D eigenvalue weighted by atomic mass is 16.5. The molecule has 0 saturated carbocycles. The summed E-state index contributed by atoms with van der Waals surface area (Å²) in [5, 5.41) is 22.4. The lowest BCUT2D eigenvalue weighted by Gasteiger charge is -2.21. The first-order valence-electron chi connectivity index (χ1n) is 13.2. The van der Waals surface area contributed by atoms with Crippen LogP contribution in [-0.2, 0) is 20.1 Å². The van der Waals surface area contributed by atoms with Crippen LogP contribution in [0.4, 0.5) is 0 Å². The molecule has 0 atom stereocenters. The zero-order valence-corrected chi connectivity index (χ0v) is 24.4. The molecule has 1 heterocycles. The van der Waals surface area contributed by atoms with Crippen molar-refractivity contribution < 1.29 is 29.0 Å². The zero-order valence-electron chi connectivity index (χ0n) is 24.4. The predicted octanol–water partition coefficient (Wildman–Crippen LogP) is 0.736. The third-order valence-electron chi connectivity index (χ3n) is 6.53. The molecule has 11 nitrogen and oxygen atoms in total. The molecule has 0 aliphatic carbocycles. The number of carboxylic acids is 1. The van der Waals surface area contributed by atoms with Crippen LogP contribution in [0.1, 0.15) is 31.8 Å². The molecule has 0 spiro atoms. The summed E-state index contributed by atoms with van der Waals surface area (Å²) in [7, 11) is 9.28. The van der Waals surface area contributed by atoms with E-state index in [2.05, 4.69) is 26.5 Å². The lowest BCUT2D eigenvalue weighted by Crippen LogP contribution is -2.39. The summed E-state index contributed by atoms with van der Waals surface area (Å²) in [4.78, 5) is 49.7. The number of aliphatic hydroxyl groups is 1. The van der Waals surface area contributed by atoms with Crippen LogP contribution < -0.4 is 26.4 Å². The van der Waals surface area contributed by atoms with Crippen LogP contribution >= 0.6 is 0 Å². The third-order valence-corrected chi connectivity index (χ3v) is 6.53. The number of aromatic nitrogens is 2. The minimum atomic E-state index is -1.31. The summed E-state index contributed by atoms with van der Waals surface area (Å²) in [6.07, 6.45) is 0. The van der Waals surface area contributed by atoms with Gasteiger partial charge in [0.05, 0.1) is 58.3 Å². The van der Waals surface area contributed by atoms with Gasteiger partial charge < -0.3 is 29.5 Å². The van der Waals surface area contributed by atoms with Crippen molar-refractivity contribution in [1.29, 1.82) is 0 Å². The summed E-state index contributed by atoms with van der Waals surface area (Å²) < 4.78 is 8.36. The lowest BCUT2D eigenvalue weighted by molar-refractivity contribution is -0.870. The number of rotatable bonds is 9. The maximum Gasteiger partial charge on any atom is 0.331 e. The third kappa shape index (κ3) is 8.15. The number of benzene rings is 3. The highest BCUT2D eigenvalue weighted by molar-refractivity contribution is 5.97. The van der Waals surface area contributed by atoms with Crippen LogP contribution in [0, 0.1) is 0 Å². The SMILES string of the molecule is COc1ccc(CNC(=O)c2ccc3c(c2)c(=O)n(Cc2ccc(C(=O)[O-])cc2)c(=O)n3C)cc1.C[N+](C)(C)CCO. The molecule has 0 aliphatic heterocycles. The highest BCUT2D eigenvalue weighted by Crippen LogP contribution is 2.14. The number of methoxy groups -OCH3 is 1. The fourth-order valence-electron chi connectivity index (χ4n) is 4.05. The summed E-state index contributed by atoms with van der Waals surface area (Å²) in [6.45, 7) is 1.35. The molecular formula is C31H36N4O7. The molecule has 2 N–H and O–H groups in total. The number of nitrogens with zero attached hydrogens (tertiary/aromatic N) is 3. The van der Waals surface area contributed by atoms with E-state index in [1.807, 2.05) is 12.1 Å². The lowest BCUT2D eigenvalue weighted by atomic mass is 10.1. The number of hydrogen-bond acceptors (Lipinski definition) is 7. The maximum absolute atomic E-state index is 13.2. The van der Waals surface area contributed by atoms with Crippen LogP contribution in [0.15, 0.2) is 76.3 Å². The van der Waals surface area contributed by atoms with E-state index in [1.165, 1.54) is 34.9 Å². The first-order chi connectivity index (χ1) is 19.8. The van der Waals surface area contributed by atoms with Gasteiger partial charge in [0.15, 0.2) is 0 Å². The van der Waals surface area contributed by atoms with Gasteiger partial charge in [-0.1, -0.05) is 36.4 Å². The fraction of sp³-hybridized carbons (Fsp3) is 0.290. The van der Waals surface area contributed by atoms with Gasteiger partial charge in [-0.2, -0.15) is 0 Å². The summed E-state index contributed by atoms with van der Waals surface area (Å²) >= 11 is 0. The Balaban J connectivity index is 0.000000616. The maximum atomic E-state index is 13.2. The molecule has 0 radical (unpaired) electrons. The van der Waals surface area contributed by atoms with Gasteiger partial charge in [0.1, 0.15) is 12.3 Å². The molecule has 0 fully saturated rings. The van der Waals surface area contributed by atoms with Crippen molar-refractivity contribution >= 4 is 22.8 Å². The van der Waals surface area contributed by atoms with Gasteiger partial charge >= 0.3 is 5.69 Å². The van der Waals surface area contributed by atoms with E-state index >= 15 is 0 Å². The molecule has 1 amide bonds. The van der Waals surface area contributed by atoms with Gasteiger partial charge in [-0.3, -0.25) is 18.7 Å². The second-order valence-corrected chi connectivity index (χ2v) is 10.7. The highest BCUT2D eigenvalue weighted by Gasteiger charge is 2.15. The molecule has 42 heavy (non-hydrogen) atoms. The van der Waals surface area contributed by atoms with Gasteiger partial charge in [0.25, 0.3) is 11.5 Å². The predicted molar refractivity (Wildman–Crippen MR) is 157 cm³/mol. The Hall–Kier alpha value is -4.74. The van der Waals surface area contributed by atoms with E-state index in [0.717, 1.165) is 21.2 Å². The molecule has 4 aromatic rings. The van der Waals surface area contributed by atoms with Gasteiger partial charge in [0.2, 0.25) is 0 Å². The van der Waals surface area contributed by atoms with Gasteiger partial charge in [0, 0.05) is 19.2 Å². The summed E-state index contributed by atoms with van der Waals surface area (Å²) in [5.74, 6) is -0.958. The second-order valence-electron chi connectivity index (χ2n) is 10.7. The number of carbonyl (C=O) groups excluding carboxylic acids is 2. The number of carbonyl (C=O) groups is 2. The van der Waals surface area contributed by atoms with Crippen LogP contribution in [0.5, 0.6) is 5.75 Å². The molecule has 0 unspecified atom stereocenters. The average Bonchev–Trinajstić information content (AvgIpc) is 2.97. The summed E-state index contributed by atoms with van der Waals surface area (Å²) in [5.41, 5.74) is 1.07. The van der Waals surface area contributed by atoms with Gasteiger partial charge in [-0.05, 0) is 47.0 Å². The van der Waals surface area contributed by atoms with Crippen molar-refractivity contribution in [3.8, 4) is 5.75 Å². The minimum absolute atomic E-state index is 0.00203. The number of aryl methyl sites for hydroxylation is 1. The smallest absolute Gasteiger partial charge is 0.331 e. The Morgan fingerprint density at radius 1 is 0.929 bits per heavy atom. The van der Waals surface area contributed by atoms with E-state index in [4.69, 9.17) is 9.84 Å². The van der Waals surface area contributed by atoms with Crippen molar-refractivity contribution in [1.82, 2.24) is 14.5 Å². The minimum Gasteiger partial charge on any atom is -0.545 e. The number of aromatic carboxylic acids is 1. The number of carboxylic acid groups (broad SMARTS) is 1. The van der Waals surface area contributed by atoms with Crippen LogP contribution in [0.2, 0.25) is 0 Å². The first-order valence-corrected chi connectivity index (χ1v) is 13.2. The number of likely N-dealkylation sites (N-methyl/N-ethyl adjacent to an activating group) is 1. The van der Waals surface area contributed by atoms with Crippen LogP contribution in [-0.4, -0.2) is 72.0 Å². The van der Waals surface area contributed by atoms with Crippen molar-refractivity contribution in [2.75, 3.05) is 41.4 Å². The van der Waals surface area contributed by atoms with E-state index in [0.29, 0.717) is 23.4 Å². The molecular weight excluding hydrogens is 540 g/mol. The van der Waals surface area contributed by atoms with Crippen molar-refractivity contribution in [3.05, 3.63) is 110 Å². The number of nitrogens with one attached hydrogen (secondary N) is 1. The molecule has 222 valence electrons. The molecule has 4 rings (SSSR count). The Kier molecular flexibility index (Phi) is 10.4. The molecule has 1 aromatic heterocycles. The molecule has 0 aliphatic rings. The van der Waals surface area contributed by atoms with Crippen molar-refractivity contribution in [2.45, 2.75) is 13.1 Å². The summed E-state index contributed by atoms with van der Waals surface area (Å²) in [6, 6.07) is 17.6. The molecule has 3 aromatic carbocycles. The van der Waals surface area contributed by atoms with Crippen molar-refractivity contribution in [3.63, 3.8) is 0 Å². The normalized spacial score (nSPS) is 11.0. The quantitative estimate of drug-likeness (QED) is 0.280. The van der Waals surface area contributed by atoms with Gasteiger partial charge in [-0.15, -0.1) is 0 Å². The number of fused-ring (bicyclic) bond motifs is 1. The average molecular weight is 577 g/mol. The van der Waals surface area contributed by atoms with Crippen LogP contribution in [0.3, 0.4) is 0 Å². The zero-order chi connectivity index (χ0) is 31.0. The van der Waals surface area contributed by atoms with E-state index in [9.17, 15) is 24.3 Å². The first kappa shape index (κ1) is 31.8. The number of quaternary nitrogens is 1. The van der Waals surface area contributed by atoms with Crippen LogP contribution in [0.25, 0.3) is 10.9 Å². The molecule has 0 saturated heterocycles. The molecule has 11 heteroatoms. The number of amides is 1. The Morgan fingerprint density at radius 2 is 1.52 bits per heavy atom. The van der Waals surface area contributed by atoms with E-state index < -0.39 is 17.2 Å². The fourth-order valence-corrected chi connectivity index (χ4v) is 4.05. The number of ether oxygens (including phenoxy) is 1. The largest absolute Gasteiger partial charge is 0.545 e. The number of hydrogen-bond donors (Lipinski definition) is 2. The standard InChI is InChI=1S/C26H23N3O6.C5H14NO/c1-28-22-12-9-19(23(30)27-14-16-5-10-20(35-2)11-6-16)13-21(22)24(31)29(26(28)34)15-17-3-7-18(8-4-17)25(32)33;1-6(2,3)4-5-7/h3-13H,14-15H2,1-2H3,(H,27,30)(H,32,33);7H,4-5H2,1-3H3/q;+1/p-1. The van der Waals surface area contributed by atoms with E-state index in [-0.39, 0.29) is 35.6 Å². The second kappa shape index (κ2) is 13.7. The molecule has 0 bridgehead atoms. The Bertz CT molecular complexity index is 1670. The Labute approximate surface area is 243 Å². The van der Waals surface area contributed by atoms with E-state index in [1.54, 1.807) is 38.4 Å². The number of aliphatic hydroxyl groups excluding tert-OH is 1. The Morgan fingerprint density at radius 3 is 2.05 bits per heavy atom.